The Bertz CT molecular complexity index is 1000. The fourth-order valence-corrected chi connectivity index (χ4v) is 5.04. The van der Waals surface area contributed by atoms with Crippen LogP contribution in [0.2, 0.25) is 10.0 Å². The Morgan fingerprint density at radius 2 is 1.90 bits per heavy atom. The maximum atomic E-state index is 12.5. The molecule has 1 N–H and O–H groups in total. The summed E-state index contributed by atoms with van der Waals surface area (Å²) >= 11 is 13.6. The highest BCUT2D eigenvalue weighted by atomic mass is 35.5. The highest BCUT2D eigenvalue weighted by Crippen LogP contribution is 2.32. The predicted octanol–water partition coefficient (Wildman–Crippen LogP) is 6.01. The topological polar surface area (TPSA) is 45.2 Å². The van der Waals surface area contributed by atoms with Crippen LogP contribution in [0.1, 0.15) is 18.4 Å². The van der Waals surface area contributed by atoms with Crippen molar-refractivity contribution in [2.24, 2.45) is 5.92 Å². The van der Waals surface area contributed by atoms with E-state index in [4.69, 9.17) is 23.2 Å². The van der Waals surface area contributed by atoms with E-state index in [1.807, 2.05) is 11.4 Å². The van der Waals surface area contributed by atoms with Gasteiger partial charge in [0.25, 0.3) is 0 Å². The Morgan fingerprint density at radius 3 is 2.63 bits per heavy atom. The van der Waals surface area contributed by atoms with Gasteiger partial charge in [0.15, 0.2) is 5.13 Å². The van der Waals surface area contributed by atoms with E-state index in [0.29, 0.717) is 27.6 Å². The number of carbonyl (C=O) groups is 1. The summed E-state index contributed by atoms with van der Waals surface area (Å²) in [6.45, 7) is 2.30. The minimum atomic E-state index is -0.0281. The number of anilines is 1. The molecule has 0 atom stereocenters. The number of nitrogens with zero attached hydrogens (tertiary/aromatic N) is 2. The zero-order valence-electron chi connectivity index (χ0n) is 16.5. The minimum Gasteiger partial charge on any atom is -0.301 e. The lowest BCUT2D eigenvalue weighted by molar-refractivity contribution is -0.117. The van der Waals surface area contributed by atoms with Crippen LogP contribution < -0.4 is 5.32 Å². The number of carbonyl (C=O) groups excluding carboxylic acids is 1. The molecule has 30 heavy (non-hydrogen) atoms. The summed E-state index contributed by atoms with van der Waals surface area (Å²) < 4.78 is 0. The Morgan fingerprint density at radius 1 is 1.13 bits per heavy atom. The van der Waals surface area contributed by atoms with Gasteiger partial charge in [-0.25, -0.2) is 4.98 Å². The molecule has 4 nitrogen and oxygen atoms in total. The fourth-order valence-electron chi connectivity index (χ4n) is 3.81. The molecule has 3 aromatic rings. The van der Waals surface area contributed by atoms with Crippen LogP contribution in [-0.4, -0.2) is 35.4 Å². The molecule has 0 saturated carbocycles. The second kappa shape index (κ2) is 9.92. The van der Waals surface area contributed by atoms with Crippen molar-refractivity contribution in [3.05, 3.63) is 69.5 Å². The van der Waals surface area contributed by atoms with Crippen LogP contribution in [-0.2, 0) is 11.2 Å². The summed E-state index contributed by atoms with van der Waals surface area (Å²) in [6.07, 6.45) is 3.37. The molecule has 156 valence electrons. The van der Waals surface area contributed by atoms with Gasteiger partial charge < -0.3 is 5.32 Å². The number of amides is 1. The minimum absolute atomic E-state index is 0.0281. The van der Waals surface area contributed by atoms with Crippen LogP contribution in [0.15, 0.2) is 53.9 Å². The van der Waals surface area contributed by atoms with Crippen LogP contribution >= 0.6 is 34.5 Å². The molecular formula is C23H23Cl2N3OS. The molecular weight excluding hydrogens is 437 g/mol. The van der Waals surface area contributed by atoms with E-state index >= 15 is 0 Å². The third-order valence-electron chi connectivity index (χ3n) is 5.40. The molecule has 0 bridgehead atoms. The molecule has 1 aliphatic heterocycles. The van der Waals surface area contributed by atoms with Crippen molar-refractivity contribution in [3.8, 4) is 11.3 Å². The van der Waals surface area contributed by atoms with E-state index in [2.05, 4.69) is 45.5 Å². The number of piperidine rings is 1. The van der Waals surface area contributed by atoms with E-state index in [9.17, 15) is 4.79 Å². The molecule has 0 unspecified atom stereocenters. The highest BCUT2D eigenvalue weighted by Gasteiger charge is 2.21. The average molecular weight is 460 g/mol. The largest absolute Gasteiger partial charge is 0.301 e. The zero-order chi connectivity index (χ0) is 20.9. The molecule has 1 aromatic heterocycles. The average Bonchev–Trinajstić information content (AvgIpc) is 3.18. The first-order valence-electron chi connectivity index (χ1n) is 10.0. The van der Waals surface area contributed by atoms with E-state index < -0.39 is 0 Å². The van der Waals surface area contributed by atoms with Gasteiger partial charge in [-0.15, -0.1) is 11.3 Å². The standard InChI is InChI=1S/C23H23Cl2N3OS/c24-18-6-7-19(20(25)13-18)21-15-30-23(26-21)27-22(29)14-28-10-8-17(9-11-28)12-16-4-2-1-3-5-16/h1-7,13,15,17H,8-12,14H2,(H,26,27,29). The summed E-state index contributed by atoms with van der Waals surface area (Å²) in [6, 6.07) is 15.9. The van der Waals surface area contributed by atoms with Gasteiger partial charge in [0.1, 0.15) is 0 Å². The summed E-state index contributed by atoms with van der Waals surface area (Å²) in [4.78, 5) is 19.2. The van der Waals surface area contributed by atoms with Gasteiger partial charge in [-0.3, -0.25) is 9.69 Å². The first kappa shape index (κ1) is 21.3. The van der Waals surface area contributed by atoms with Gasteiger partial charge in [0.2, 0.25) is 5.91 Å². The lowest BCUT2D eigenvalue weighted by atomic mass is 9.90. The molecule has 1 amide bonds. The Hall–Kier alpha value is -1.92. The Balaban J connectivity index is 1.26. The van der Waals surface area contributed by atoms with Crippen molar-refractivity contribution in [1.82, 2.24) is 9.88 Å². The number of thiazole rings is 1. The molecule has 1 aliphatic rings. The zero-order valence-corrected chi connectivity index (χ0v) is 18.8. The third-order valence-corrected chi connectivity index (χ3v) is 6.70. The number of benzene rings is 2. The van der Waals surface area contributed by atoms with Crippen molar-refractivity contribution >= 4 is 45.6 Å². The van der Waals surface area contributed by atoms with E-state index in [0.717, 1.165) is 43.6 Å². The lowest BCUT2D eigenvalue weighted by Gasteiger charge is -2.31. The van der Waals surface area contributed by atoms with Gasteiger partial charge >= 0.3 is 0 Å². The molecule has 2 heterocycles. The smallest absolute Gasteiger partial charge is 0.240 e. The molecule has 4 rings (SSSR count). The molecule has 0 aliphatic carbocycles. The first-order chi connectivity index (χ1) is 14.6. The summed E-state index contributed by atoms with van der Waals surface area (Å²) in [5.74, 6) is 0.664. The Kier molecular flexibility index (Phi) is 7.05. The normalized spacial score (nSPS) is 15.3. The predicted molar refractivity (Wildman–Crippen MR) is 126 cm³/mol. The second-order valence-electron chi connectivity index (χ2n) is 7.62. The monoisotopic (exact) mass is 459 g/mol. The van der Waals surface area contributed by atoms with Crippen molar-refractivity contribution in [1.29, 1.82) is 0 Å². The SMILES string of the molecule is O=C(CN1CCC(Cc2ccccc2)CC1)Nc1nc(-c2ccc(Cl)cc2Cl)cs1. The van der Waals surface area contributed by atoms with Crippen LogP contribution in [0.25, 0.3) is 11.3 Å². The number of nitrogens with one attached hydrogen (secondary N) is 1. The fraction of sp³-hybridized carbons (Fsp3) is 0.304. The van der Waals surface area contributed by atoms with Gasteiger partial charge in [-0.05, 0) is 62.0 Å². The second-order valence-corrected chi connectivity index (χ2v) is 9.32. The number of hydrogen-bond donors (Lipinski definition) is 1. The maximum Gasteiger partial charge on any atom is 0.240 e. The van der Waals surface area contributed by atoms with E-state index in [1.54, 1.807) is 12.1 Å². The quantitative estimate of drug-likeness (QED) is 0.490. The first-order valence-corrected chi connectivity index (χ1v) is 11.7. The van der Waals surface area contributed by atoms with Gasteiger partial charge in [0.05, 0.1) is 17.3 Å². The molecule has 1 fully saturated rings. The van der Waals surface area contributed by atoms with Crippen molar-refractivity contribution in [2.45, 2.75) is 19.3 Å². The molecule has 0 spiro atoms. The maximum absolute atomic E-state index is 12.5. The summed E-state index contributed by atoms with van der Waals surface area (Å²) in [7, 11) is 0. The van der Waals surface area contributed by atoms with Crippen molar-refractivity contribution in [3.63, 3.8) is 0 Å². The summed E-state index contributed by atoms with van der Waals surface area (Å²) in [5, 5.41) is 6.52. The van der Waals surface area contributed by atoms with Crippen LogP contribution in [0.5, 0.6) is 0 Å². The highest BCUT2D eigenvalue weighted by molar-refractivity contribution is 7.14. The van der Waals surface area contributed by atoms with Crippen LogP contribution in [0.3, 0.4) is 0 Å². The van der Waals surface area contributed by atoms with Crippen molar-refractivity contribution in [2.75, 3.05) is 25.0 Å². The van der Waals surface area contributed by atoms with Crippen molar-refractivity contribution < 1.29 is 4.79 Å². The Labute approximate surface area is 190 Å². The van der Waals surface area contributed by atoms with E-state index in [-0.39, 0.29) is 5.91 Å². The van der Waals surface area contributed by atoms with Crippen LogP contribution in [0, 0.1) is 5.92 Å². The molecule has 7 heteroatoms. The lowest BCUT2D eigenvalue weighted by Crippen LogP contribution is -2.39. The number of likely N-dealkylation sites (tertiary alicyclic amines) is 1. The molecule has 0 radical (unpaired) electrons. The third kappa shape index (κ3) is 5.61. The van der Waals surface area contributed by atoms with Gasteiger partial charge in [-0.1, -0.05) is 53.5 Å². The van der Waals surface area contributed by atoms with E-state index in [1.165, 1.54) is 16.9 Å². The molecule has 2 aromatic carbocycles. The number of aromatic nitrogens is 1. The van der Waals surface area contributed by atoms with Gasteiger partial charge in [0, 0.05) is 16.0 Å². The van der Waals surface area contributed by atoms with Gasteiger partial charge in [-0.2, -0.15) is 0 Å². The van der Waals surface area contributed by atoms with Crippen LogP contribution in [0.4, 0.5) is 5.13 Å². The number of hydrogen-bond acceptors (Lipinski definition) is 4. The number of halogens is 2. The number of rotatable bonds is 6. The summed E-state index contributed by atoms with van der Waals surface area (Å²) in [5.41, 5.74) is 2.94. The molecule has 1 saturated heterocycles.